The Morgan fingerprint density at radius 3 is 2.48 bits per heavy atom. The van der Waals surface area contributed by atoms with Crippen LogP contribution >= 0.6 is 11.8 Å². The number of aromatic nitrogens is 3. The monoisotopic (exact) mass is 490 g/mol. The maximum Gasteiger partial charge on any atom is 0.238 e. The largest absolute Gasteiger partial charge is 0.486 e. The van der Waals surface area contributed by atoms with Gasteiger partial charge in [0.1, 0.15) is 12.4 Å². The topological polar surface area (TPSA) is 155 Å². The lowest BCUT2D eigenvalue weighted by Gasteiger charge is -2.12. The minimum absolute atomic E-state index is 0.0919. The molecule has 1 heterocycles. The molecule has 0 aliphatic rings. The number of nitrogens with zero attached hydrogens (tertiary/aromatic N) is 3. The van der Waals surface area contributed by atoms with E-state index in [1.807, 2.05) is 24.3 Å². The zero-order valence-electron chi connectivity index (χ0n) is 18.4. The zero-order valence-corrected chi connectivity index (χ0v) is 20.1. The quantitative estimate of drug-likeness (QED) is 0.305. The summed E-state index contributed by atoms with van der Waals surface area (Å²) in [5.74, 6) is 7.24. The molecule has 0 spiro atoms. The Balaban J connectivity index is 1.59. The summed E-state index contributed by atoms with van der Waals surface area (Å²) in [5.41, 5.74) is 1.53. The number of benzene rings is 2. The summed E-state index contributed by atoms with van der Waals surface area (Å²) in [6.07, 6.45) is 0. The zero-order chi connectivity index (χ0) is 24.2. The number of ether oxygens (including phenoxy) is 1. The van der Waals surface area contributed by atoms with E-state index in [9.17, 15) is 13.2 Å². The van der Waals surface area contributed by atoms with Crippen LogP contribution in [0.1, 0.15) is 38.1 Å². The number of rotatable bonds is 9. The molecule has 0 bridgehead atoms. The van der Waals surface area contributed by atoms with Gasteiger partial charge in [-0.3, -0.25) is 4.79 Å². The molecule has 0 saturated heterocycles. The number of thioether (sulfide) groups is 1. The SMILES string of the molecule is CC(Sc1nnc(COc2ccc(C(C)C)cc2)n1N)C(=O)Nc1cccc(S(N)(=O)=O)c1. The molecule has 1 unspecified atom stereocenters. The Kier molecular flexibility index (Phi) is 7.61. The normalized spacial score (nSPS) is 12.5. The van der Waals surface area contributed by atoms with Crippen LogP contribution in [0.25, 0.3) is 0 Å². The lowest BCUT2D eigenvalue weighted by molar-refractivity contribution is -0.115. The van der Waals surface area contributed by atoms with E-state index < -0.39 is 15.3 Å². The van der Waals surface area contributed by atoms with Crippen LogP contribution in [0.15, 0.2) is 58.6 Å². The van der Waals surface area contributed by atoms with Crippen molar-refractivity contribution < 1.29 is 17.9 Å². The third-order valence-corrected chi connectivity index (χ3v) is 6.70. The van der Waals surface area contributed by atoms with Crippen molar-refractivity contribution in [2.45, 2.75) is 48.6 Å². The lowest BCUT2D eigenvalue weighted by Crippen LogP contribution is -2.24. The highest BCUT2D eigenvalue weighted by Gasteiger charge is 2.20. The molecule has 0 fully saturated rings. The number of hydrogen-bond acceptors (Lipinski definition) is 8. The van der Waals surface area contributed by atoms with Gasteiger partial charge in [-0.15, -0.1) is 10.2 Å². The summed E-state index contributed by atoms with van der Waals surface area (Å²) in [4.78, 5) is 12.5. The van der Waals surface area contributed by atoms with Crippen LogP contribution in [0.3, 0.4) is 0 Å². The van der Waals surface area contributed by atoms with Gasteiger partial charge in [0.25, 0.3) is 0 Å². The minimum atomic E-state index is -3.87. The molecule has 1 amide bonds. The fourth-order valence-electron chi connectivity index (χ4n) is 2.79. The highest BCUT2D eigenvalue weighted by Crippen LogP contribution is 2.24. The third-order valence-electron chi connectivity index (χ3n) is 4.73. The molecule has 1 atom stereocenters. The van der Waals surface area contributed by atoms with Gasteiger partial charge >= 0.3 is 0 Å². The highest BCUT2D eigenvalue weighted by atomic mass is 32.2. The van der Waals surface area contributed by atoms with Crippen LogP contribution in [0.2, 0.25) is 0 Å². The molecule has 0 aliphatic carbocycles. The van der Waals surface area contributed by atoms with Crippen molar-refractivity contribution in [3.63, 3.8) is 0 Å². The first-order chi connectivity index (χ1) is 15.5. The Labute approximate surface area is 196 Å². The molecule has 0 saturated carbocycles. The second-order valence-corrected chi connectivity index (χ2v) is 10.5. The van der Waals surface area contributed by atoms with Gasteiger partial charge in [0, 0.05) is 5.69 Å². The number of carbonyl (C=O) groups is 1. The first-order valence-electron chi connectivity index (χ1n) is 10.1. The highest BCUT2D eigenvalue weighted by molar-refractivity contribution is 8.00. The molecule has 33 heavy (non-hydrogen) atoms. The summed E-state index contributed by atoms with van der Waals surface area (Å²) in [6, 6.07) is 13.5. The van der Waals surface area contributed by atoms with Crippen molar-refractivity contribution in [3.8, 4) is 5.75 Å². The molecule has 1 aromatic heterocycles. The summed E-state index contributed by atoms with van der Waals surface area (Å²) < 4.78 is 30.0. The number of hydrogen-bond donors (Lipinski definition) is 3. The maximum atomic E-state index is 12.5. The average Bonchev–Trinajstić information content (AvgIpc) is 3.11. The third kappa shape index (κ3) is 6.46. The Hall–Kier alpha value is -3.09. The van der Waals surface area contributed by atoms with Crippen LogP contribution in [-0.4, -0.2) is 34.4 Å². The number of nitrogen functional groups attached to an aromatic ring is 1. The minimum Gasteiger partial charge on any atom is -0.486 e. The predicted octanol–water partition coefficient (Wildman–Crippen LogP) is 2.46. The van der Waals surface area contributed by atoms with Gasteiger partial charge in [-0.25, -0.2) is 18.2 Å². The number of carbonyl (C=O) groups excluding carboxylic acids is 1. The first-order valence-corrected chi connectivity index (χ1v) is 12.5. The number of nitrogens with one attached hydrogen (secondary N) is 1. The fourth-order valence-corrected chi connectivity index (χ4v) is 4.14. The maximum absolute atomic E-state index is 12.5. The van der Waals surface area contributed by atoms with Gasteiger partial charge in [-0.1, -0.05) is 43.8 Å². The van der Waals surface area contributed by atoms with E-state index in [0.29, 0.717) is 28.3 Å². The molecule has 176 valence electrons. The molecule has 10 nitrogen and oxygen atoms in total. The van der Waals surface area contributed by atoms with E-state index in [2.05, 4.69) is 29.4 Å². The summed E-state index contributed by atoms with van der Waals surface area (Å²) in [6.45, 7) is 6.03. The van der Waals surface area contributed by atoms with Gasteiger partial charge < -0.3 is 15.9 Å². The molecular weight excluding hydrogens is 464 g/mol. The molecule has 5 N–H and O–H groups in total. The fraction of sp³-hybridized carbons (Fsp3) is 0.286. The van der Waals surface area contributed by atoms with E-state index in [-0.39, 0.29) is 17.4 Å². The lowest BCUT2D eigenvalue weighted by atomic mass is 10.0. The van der Waals surface area contributed by atoms with Gasteiger partial charge in [-0.05, 0) is 48.7 Å². The molecule has 3 rings (SSSR count). The number of amides is 1. The Morgan fingerprint density at radius 1 is 1.15 bits per heavy atom. The smallest absolute Gasteiger partial charge is 0.238 e. The van der Waals surface area contributed by atoms with Gasteiger partial charge in [0.05, 0.1) is 10.1 Å². The second-order valence-electron chi connectivity index (χ2n) is 7.60. The van der Waals surface area contributed by atoms with Crippen molar-refractivity contribution in [1.29, 1.82) is 0 Å². The van der Waals surface area contributed by atoms with E-state index in [4.69, 9.17) is 15.7 Å². The van der Waals surface area contributed by atoms with Crippen LogP contribution in [0, 0.1) is 0 Å². The average molecular weight is 491 g/mol. The molecule has 2 aromatic carbocycles. The second kappa shape index (κ2) is 10.2. The van der Waals surface area contributed by atoms with Crippen molar-refractivity contribution in [3.05, 3.63) is 59.9 Å². The van der Waals surface area contributed by atoms with Crippen LogP contribution < -0.4 is 21.0 Å². The van der Waals surface area contributed by atoms with Gasteiger partial charge in [-0.2, -0.15) is 0 Å². The van der Waals surface area contributed by atoms with Crippen molar-refractivity contribution in [2.75, 3.05) is 11.2 Å². The Morgan fingerprint density at radius 2 is 1.85 bits per heavy atom. The molecule has 3 aromatic rings. The van der Waals surface area contributed by atoms with Crippen LogP contribution in [0.5, 0.6) is 5.75 Å². The van der Waals surface area contributed by atoms with E-state index in [0.717, 1.165) is 11.8 Å². The number of primary sulfonamides is 1. The number of nitrogens with two attached hydrogens (primary N) is 2. The van der Waals surface area contributed by atoms with E-state index >= 15 is 0 Å². The predicted molar refractivity (Wildman–Crippen MR) is 127 cm³/mol. The molecular formula is C21H26N6O4S2. The van der Waals surface area contributed by atoms with E-state index in [1.54, 1.807) is 13.0 Å². The molecule has 0 radical (unpaired) electrons. The summed E-state index contributed by atoms with van der Waals surface area (Å²) in [5, 5.41) is 15.6. The van der Waals surface area contributed by atoms with Crippen molar-refractivity contribution in [2.24, 2.45) is 5.14 Å². The van der Waals surface area contributed by atoms with Crippen molar-refractivity contribution >= 4 is 33.4 Å². The number of anilines is 1. The number of sulfonamides is 1. The van der Waals surface area contributed by atoms with Gasteiger partial charge in [0.15, 0.2) is 5.82 Å². The summed E-state index contributed by atoms with van der Waals surface area (Å²) >= 11 is 1.11. The van der Waals surface area contributed by atoms with Crippen LogP contribution in [-0.2, 0) is 21.4 Å². The van der Waals surface area contributed by atoms with Crippen LogP contribution in [0.4, 0.5) is 5.69 Å². The van der Waals surface area contributed by atoms with Crippen molar-refractivity contribution in [1.82, 2.24) is 14.9 Å². The van der Waals surface area contributed by atoms with E-state index in [1.165, 1.54) is 28.4 Å². The molecule has 0 aliphatic heterocycles. The Bertz CT molecular complexity index is 1230. The van der Waals surface area contributed by atoms with Gasteiger partial charge in [0.2, 0.25) is 21.1 Å². The summed E-state index contributed by atoms with van der Waals surface area (Å²) in [7, 11) is -3.87. The molecule has 12 heteroatoms. The standard InChI is InChI=1S/C21H26N6O4S2/c1-13(2)15-7-9-17(10-8-15)31-12-19-25-26-21(27(19)22)32-14(3)20(28)24-16-5-4-6-18(11-16)33(23,29)30/h4-11,13-14H,12,22H2,1-3H3,(H,24,28)(H2,23,29,30). The first kappa shape index (κ1) is 24.6.